The number of anilines is 1. The highest BCUT2D eigenvalue weighted by Gasteiger charge is 2.29. The Kier molecular flexibility index (Phi) is 3.78. The molecule has 0 saturated carbocycles. The number of nitrogens with zero attached hydrogens (tertiary/aromatic N) is 1. The van der Waals surface area contributed by atoms with Gasteiger partial charge in [0.15, 0.2) is 0 Å². The summed E-state index contributed by atoms with van der Waals surface area (Å²) in [6.07, 6.45) is 0.0725. The first-order valence-corrected chi connectivity index (χ1v) is 7.00. The second kappa shape index (κ2) is 5.89. The van der Waals surface area contributed by atoms with Crippen LogP contribution >= 0.6 is 0 Å². The lowest BCUT2D eigenvalue weighted by molar-refractivity contribution is 0.0696. The van der Waals surface area contributed by atoms with Crippen molar-refractivity contribution in [2.45, 2.75) is 13.0 Å². The molecule has 0 radical (unpaired) electrons. The molecule has 112 valence electrons. The Morgan fingerprint density at radius 3 is 2.59 bits per heavy atom. The van der Waals surface area contributed by atoms with Crippen molar-refractivity contribution in [1.82, 2.24) is 0 Å². The number of carboxylic acid groups (broad SMARTS) is 1. The fourth-order valence-corrected chi connectivity index (χ4v) is 2.62. The maximum Gasteiger partial charge on any atom is 0.414 e. The van der Waals surface area contributed by atoms with E-state index in [-0.39, 0.29) is 12.2 Å². The number of carbonyl (C=O) groups excluding carboxylic acids is 1. The summed E-state index contributed by atoms with van der Waals surface area (Å²) < 4.78 is 5.31. The summed E-state index contributed by atoms with van der Waals surface area (Å²) in [6, 6.07) is 14.4. The van der Waals surface area contributed by atoms with Crippen molar-refractivity contribution in [2.75, 3.05) is 11.4 Å². The van der Waals surface area contributed by atoms with Gasteiger partial charge in [-0.2, -0.15) is 0 Å². The molecule has 2 aromatic rings. The summed E-state index contributed by atoms with van der Waals surface area (Å²) in [6.45, 7) is 0.636. The molecule has 22 heavy (non-hydrogen) atoms. The van der Waals surface area contributed by atoms with E-state index in [1.165, 1.54) is 4.90 Å². The number of amides is 1. The highest BCUT2D eigenvalue weighted by Crippen LogP contribution is 2.31. The van der Waals surface area contributed by atoms with Gasteiger partial charge >= 0.3 is 12.1 Å². The van der Waals surface area contributed by atoms with Gasteiger partial charge in [-0.25, -0.2) is 9.59 Å². The lowest BCUT2D eigenvalue weighted by Crippen LogP contribution is -2.29. The van der Waals surface area contributed by atoms with Crippen molar-refractivity contribution in [2.24, 2.45) is 0 Å². The second-order valence-corrected chi connectivity index (χ2v) is 5.05. The average Bonchev–Trinajstić information content (AvgIpc) is 2.97. The number of aromatic carboxylic acids is 1. The molecule has 1 amide bonds. The van der Waals surface area contributed by atoms with E-state index in [0.717, 1.165) is 5.56 Å². The van der Waals surface area contributed by atoms with E-state index < -0.39 is 12.1 Å². The van der Waals surface area contributed by atoms with Crippen LogP contribution in [0.5, 0.6) is 0 Å². The molecule has 0 spiro atoms. The molecule has 0 aliphatic carbocycles. The van der Waals surface area contributed by atoms with Gasteiger partial charge in [0.2, 0.25) is 0 Å². The molecule has 1 aliphatic rings. The van der Waals surface area contributed by atoms with Crippen molar-refractivity contribution in [3.05, 3.63) is 65.2 Å². The monoisotopic (exact) mass is 297 g/mol. The Morgan fingerprint density at radius 1 is 1.09 bits per heavy atom. The van der Waals surface area contributed by atoms with Gasteiger partial charge in [-0.05, 0) is 29.7 Å². The first-order chi connectivity index (χ1) is 10.7. The van der Waals surface area contributed by atoms with E-state index >= 15 is 0 Å². The zero-order chi connectivity index (χ0) is 15.5. The van der Waals surface area contributed by atoms with Crippen LogP contribution < -0.4 is 4.90 Å². The molecule has 0 unspecified atom stereocenters. The number of hydrogen-bond donors (Lipinski definition) is 1. The van der Waals surface area contributed by atoms with Gasteiger partial charge in [0, 0.05) is 6.54 Å². The predicted molar refractivity (Wildman–Crippen MR) is 81.1 cm³/mol. The Balaban J connectivity index is 1.74. The number of carboxylic acids is 1. The highest BCUT2D eigenvalue weighted by atomic mass is 16.6. The first kappa shape index (κ1) is 14.1. The van der Waals surface area contributed by atoms with Gasteiger partial charge in [0.25, 0.3) is 0 Å². The third-order valence-corrected chi connectivity index (χ3v) is 3.68. The summed E-state index contributed by atoms with van der Waals surface area (Å²) in [4.78, 5) is 24.9. The Bertz CT molecular complexity index is 712. The van der Waals surface area contributed by atoms with Crippen molar-refractivity contribution in [1.29, 1.82) is 0 Å². The van der Waals surface area contributed by atoms with Crippen molar-refractivity contribution < 1.29 is 19.4 Å². The molecule has 0 atom stereocenters. The van der Waals surface area contributed by atoms with Crippen molar-refractivity contribution in [3.63, 3.8) is 0 Å². The fourth-order valence-electron chi connectivity index (χ4n) is 2.62. The number of benzene rings is 2. The SMILES string of the molecule is O=C(O)c1cccc2c1CCN2C(=O)OCc1ccccc1. The van der Waals surface area contributed by atoms with Gasteiger partial charge in [-0.15, -0.1) is 0 Å². The molecule has 1 aliphatic heterocycles. The van der Waals surface area contributed by atoms with Crippen LogP contribution in [-0.2, 0) is 17.8 Å². The highest BCUT2D eigenvalue weighted by molar-refractivity contribution is 5.96. The van der Waals surface area contributed by atoms with Crippen molar-refractivity contribution in [3.8, 4) is 0 Å². The zero-order valence-electron chi connectivity index (χ0n) is 11.9. The third kappa shape index (κ3) is 2.65. The number of ether oxygens (including phenoxy) is 1. The smallest absolute Gasteiger partial charge is 0.414 e. The molecule has 5 heteroatoms. The van der Waals surface area contributed by atoms with Gasteiger partial charge in [-0.1, -0.05) is 36.4 Å². The average molecular weight is 297 g/mol. The lowest BCUT2D eigenvalue weighted by atomic mass is 10.1. The summed E-state index contributed by atoms with van der Waals surface area (Å²) in [5, 5.41) is 9.19. The minimum absolute atomic E-state index is 0.199. The van der Waals surface area contributed by atoms with E-state index in [4.69, 9.17) is 4.74 Å². The zero-order valence-corrected chi connectivity index (χ0v) is 11.9. The van der Waals surface area contributed by atoms with Crippen LogP contribution in [0.15, 0.2) is 48.5 Å². The molecular weight excluding hydrogens is 282 g/mol. The van der Waals surface area contributed by atoms with Crippen LogP contribution in [0.2, 0.25) is 0 Å². The molecule has 2 aromatic carbocycles. The Hall–Kier alpha value is -2.82. The normalized spacial score (nSPS) is 12.8. The number of hydrogen-bond acceptors (Lipinski definition) is 3. The third-order valence-electron chi connectivity index (χ3n) is 3.68. The number of carbonyl (C=O) groups is 2. The van der Waals surface area contributed by atoms with E-state index in [9.17, 15) is 14.7 Å². The van der Waals surface area contributed by atoms with Crippen molar-refractivity contribution >= 4 is 17.7 Å². The standard InChI is InChI=1S/C17H15NO4/c19-16(20)14-7-4-8-15-13(14)9-10-18(15)17(21)22-11-12-5-2-1-3-6-12/h1-8H,9-11H2,(H,19,20). The minimum Gasteiger partial charge on any atom is -0.478 e. The van der Waals surface area contributed by atoms with Crippen LogP contribution in [0.3, 0.4) is 0 Å². The molecule has 1 heterocycles. The lowest BCUT2D eigenvalue weighted by Gasteiger charge is -2.17. The summed E-state index contributed by atoms with van der Waals surface area (Å²) in [7, 11) is 0. The van der Waals surface area contributed by atoms with Crippen LogP contribution in [0.1, 0.15) is 21.5 Å². The van der Waals surface area contributed by atoms with E-state index in [1.807, 2.05) is 30.3 Å². The van der Waals surface area contributed by atoms with Gasteiger partial charge in [-0.3, -0.25) is 4.90 Å². The van der Waals surface area contributed by atoms with E-state index in [2.05, 4.69) is 0 Å². The topological polar surface area (TPSA) is 66.8 Å². The predicted octanol–water partition coefficient (Wildman–Crippen LogP) is 3.08. The van der Waals surface area contributed by atoms with Crippen LogP contribution in [0.4, 0.5) is 10.5 Å². The molecule has 5 nitrogen and oxygen atoms in total. The quantitative estimate of drug-likeness (QED) is 0.945. The van der Waals surface area contributed by atoms with Gasteiger partial charge in [0.05, 0.1) is 11.3 Å². The van der Waals surface area contributed by atoms with E-state index in [0.29, 0.717) is 24.2 Å². The van der Waals surface area contributed by atoms with Crippen LogP contribution in [0, 0.1) is 0 Å². The second-order valence-electron chi connectivity index (χ2n) is 5.05. The number of fused-ring (bicyclic) bond motifs is 1. The molecular formula is C17H15NO4. The summed E-state index contributed by atoms with van der Waals surface area (Å²) in [5.41, 5.74) is 2.47. The van der Waals surface area contributed by atoms with Gasteiger partial charge < -0.3 is 9.84 Å². The fraction of sp³-hybridized carbons (Fsp3) is 0.176. The molecule has 0 bridgehead atoms. The molecule has 0 fully saturated rings. The van der Waals surface area contributed by atoms with Crippen LogP contribution in [0.25, 0.3) is 0 Å². The Morgan fingerprint density at radius 2 is 1.86 bits per heavy atom. The minimum atomic E-state index is -0.976. The number of rotatable bonds is 3. The van der Waals surface area contributed by atoms with Crippen LogP contribution in [-0.4, -0.2) is 23.7 Å². The first-order valence-electron chi connectivity index (χ1n) is 7.00. The summed E-state index contributed by atoms with van der Waals surface area (Å²) >= 11 is 0. The largest absolute Gasteiger partial charge is 0.478 e. The summed E-state index contributed by atoms with van der Waals surface area (Å²) in [5.74, 6) is -0.976. The Labute approximate surface area is 127 Å². The molecule has 0 aromatic heterocycles. The maximum absolute atomic E-state index is 12.2. The molecule has 1 N–H and O–H groups in total. The van der Waals surface area contributed by atoms with E-state index in [1.54, 1.807) is 18.2 Å². The molecule has 0 saturated heterocycles. The maximum atomic E-state index is 12.2. The van der Waals surface area contributed by atoms with Gasteiger partial charge in [0.1, 0.15) is 6.61 Å². The molecule has 3 rings (SSSR count).